The first-order chi connectivity index (χ1) is 19.7. The SMILES string of the molecule is CC(=O)NCC(=O)N1CCCC1C(=O)Nc1ccc(-c2ccc(C3=CC=C(NO)C3)n2-c2ccc(F)cc2C)cc1. The third-order valence-electron chi connectivity index (χ3n) is 7.43. The van der Waals surface area contributed by atoms with Crippen LogP contribution in [-0.2, 0) is 14.4 Å². The number of aryl methyl sites for hydroxylation is 1. The molecule has 2 heterocycles. The van der Waals surface area contributed by atoms with E-state index in [1.165, 1.54) is 24.0 Å². The van der Waals surface area contributed by atoms with Gasteiger partial charge < -0.3 is 20.1 Å². The number of anilines is 1. The summed E-state index contributed by atoms with van der Waals surface area (Å²) in [6, 6.07) is 15.5. The lowest BCUT2D eigenvalue weighted by molar-refractivity contribution is -0.136. The Morgan fingerprint density at radius 1 is 1.02 bits per heavy atom. The van der Waals surface area contributed by atoms with Crippen molar-refractivity contribution in [3.63, 3.8) is 0 Å². The fraction of sp³-hybridized carbons (Fsp3) is 0.258. The van der Waals surface area contributed by atoms with Gasteiger partial charge in [0, 0.05) is 42.7 Å². The number of carbonyl (C=O) groups excluding carboxylic acids is 3. The van der Waals surface area contributed by atoms with Crippen molar-refractivity contribution in [2.75, 3.05) is 18.4 Å². The minimum absolute atomic E-state index is 0.131. The van der Waals surface area contributed by atoms with Crippen LogP contribution in [0.1, 0.15) is 37.4 Å². The number of hydroxylamine groups is 1. The maximum absolute atomic E-state index is 14.0. The zero-order chi connectivity index (χ0) is 29.1. The summed E-state index contributed by atoms with van der Waals surface area (Å²) in [4.78, 5) is 38.3. The van der Waals surface area contributed by atoms with Crippen molar-refractivity contribution in [3.8, 4) is 16.9 Å². The van der Waals surface area contributed by atoms with Crippen LogP contribution in [0.5, 0.6) is 0 Å². The number of carbonyl (C=O) groups is 3. The van der Waals surface area contributed by atoms with Crippen molar-refractivity contribution in [2.24, 2.45) is 0 Å². The number of hydrogen-bond acceptors (Lipinski definition) is 5. The number of hydrogen-bond donors (Lipinski definition) is 4. The summed E-state index contributed by atoms with van der Waals surface area (Å²) in [5.74, 6) is -1.16. The van der Waals surface area contributed by atoms with E-state index in [0.717, 1.165) is 33.8 Å². The van der Waals surface area contributed by atoms with E-state index in [-0.39, 0.29) is 30.1 Å². The van der Waals surface area contributed by atoms with E-state index in [0.29, 0.717) is 37.2 Å². The van der Waals surface area contributed by atoms with Gasteiger partial charge in [-0.05, 0) is 85.0 Å². The van der Waals surface area contributed by atoms with Gasteiger partial charge in [-0.3, -0.25) is 25.1 Å². The molecule has 2 aliphatic rings. The van der Waals surface area contributed by atoms with Crippen LogP contribution in [0, 0.1) is 12.7 Å². The third-order valence-corrected chi connectivity index (χ3v) is 7.43. The fourth-order valence-corrected chi connectivity index (χ4v) is 5.41. The summed E-state index contributed by atoms with van der Waals surface area (Å²) in [6.45, 7) is 3.55. The minimum Gasteiger partial charge on any atom is -0.347 e. The van der Waals surface area contributed by atoms with E-state index in [1.807, 2.05) is 55.5 Å². The van der Waals surface area contributed by atoms with Crippen molar-refractivity contribution < 1.29 is 24.0 Å². The molecule has 5 rings (SSSR count). The Morgan fingerprint density at radius 3 is 2.46 bits per heavy atom. The molecule has 10 heteroatoms. The molecule has 4 N–H and O–H groups in total. The maximum atomic E-state index is 14.0. The Balaban J connectivity index is 1.38. The highest BCUT2D eigenvalue weighted by molar-refractivity contribution is 5.98. The number of benzene rings is 2. The average Bonchev–Trinajstić information content (AvgIpc) is 3.72. The van der Waals surface area contributed by atoms with Gasteiger partial charge in [0.1, 0.15) is 11.9 Å². The van der Waals surface area contributed by atoms with Gasteiger partial charge in [0.05, 0.1) is 12.2 Å². The second-order valence-corrected chi connectivity index (χ2v) is 10.3. The number of aromatic nitrogens is 1. The summed E-state index contributed by atoms with van der Waals surface area (Å²) in [6.07, 6.45) is 5.56. The van der Waals surface area contributed by atoms with Gasteiger partial charge in [-0.2, -0.15) is 0 Å². The molecule has 1 aromatic heterocycles. The maximum Gasteiger partial charge on any atom is 0.247 e. The zero-order valence-electron chi connectivity index (χ0n) is 22.9. The molecule has 0 radical (unpaired) electrons. The van der Waals surface area contributed by atoms with Gasteiger partial charge in [-0.1, -0.05) is 18.2 Å². The van der Waals surface area contributed by atoms with Gasteiger partial charge in [0.2, 0.25) is 17.7 Å². The van der Waals surface area contributed by atoms with E-state index in [2.05, 4.69) is 20.7 Å². The lowest BCUT2D eigenvalue weighted by atomic mass is 10.1. The summed E-state index contributed by atoms with van der Waals surface area (Å²) in [7, 11) is 0. The number of rotatable bonds is 8. The monoisotopic (exact) mass is 557 g/mol. The molecule has 3 aromatic rings. The van der Waals surface area contributed by atoms with Crippen LogP contribution < -0.4 is 16.1 Å². The third kappa shape index (κ3) is 5.92. The van der Waals surface area contributed by atoms with Gasteiger partial charge in [0.15, 0.2) is 0 Å². The van der Waals surface area contributed by atoms with E-state index < -0.39 is 6.04 Å². The van der Waals surface area contributed by atoms with Gasteiger partial charge >= 0.3 is 0 Å². The topological polar surface area (TPSA) is 116 Å². The second-order valence-electron chi connectivity index (χ2n) is 10.3. The quantitative estimate of drug-likeness (QED) is 0.308. The van der Waals surface area contributed by atoms with E-state index >= 15 is 0 Å². The van der Waals surface area contributed by atoms with Crippen molar-refractivity contribution in [3.05, 3.63) is 89.5 Å². The van der Waals surface area contributed by atoms with Crippen molar-refractivity contribution in [1.29, 1.82) is 0 Å². The number of nitrogens with one attached hydrogen (secondary N) is 3. The molecule has 0 bridgehead atoms. The molecule has 212 valence electrons. The molecule has 1 fully saturated rings. The largest absolute Gasteiger partial charge is 0.347 e. The average molecular weight is 558 g/mol. The lowest BCUT2D eigenvalue weighted by Crippen LogP contribution is -2.46. The number of amides is 3. The normalized spacial score (nSPS) is 16.3. The van der Waals surface area contributed by atoms with Gasteiger partial charge in [-0.15, -0.1) is 0 Å². The lowest BCUT2D eigenvalue weighted by Gasteiger charge is -2.24. The minimum atomic E-state index is -0.594. The van der Waals surface area contributed by atoms with Crippen LogP contribution in [0.25, 0.3) is 22.5 Å². The summed E-state index contributed by atoms with van der Waals surface area (Å²) in [5, 5.41) is 14.8. The first kappa shape index (κ1) is 27.9. The molecule has 1 saturated heterocycles. The van der Waals surface area contributed by atoms with Crippen molar-refractivity contribution in [2.45, 2.75) is 39.2 Å². The van der Waals surface area contributed by atoms with E-state index in [1.54, 1.807) is 6.07 Å². The Hall–Kier alpha value is -4.70. The van der Waals surface area contributed by atoms with Crippen molar-refractivity contribution in [1.82, 2.24) is 20.3 Å². The number of nitrogens with zero attached hydrogens (tertiary/aromatic N) is 2. The summed E-state index contributed by atoms with van der Waals surface area (Å²) >= 11 is 0. The molecule has 41 heavy (non-hydrogen) atoms. The highest BCUT2D eigenvalue weighted by Crippen LogP contribution is 2.36. The van der Waals surface area contributed by atoms with Crippen LogP contribution in [0.4, 0.5) is 10.1 Å². The van der Waals surface area contributed by atoms with Crippen molar-refractivity contribution >= 4 is 29.0 Å². The molecular weight excluding hydrogens is 525 g/mol. The Bertz CT molecular complexity index is 1560. The fourth-order valence-electron chi connectivity index (χ4n) is 5.41. The second kappa shape index (κ2) is 11.8. The summed E-state index contributed by atoms with van der Waals surface area (Å²) < 4.78 is 16.0. The summed E-state index contributed by atoms with van der Waals surface area (Å²) in [5.41, 5.74) is 8.77. The Morgan fingerprint density at radius 2 is 1.78 bits per heavy atom. The van der Waals surface area contributed by atoms with Crippen LogP contribution in [0.3, 0.4) is 0 Å². The number of allylic oxidation sites excluding steroid dienone is 3. The highest BCUT2D eigenvalue weighted by atomic mass is 19.1. The van der Waals surface area contributed by atoms with Gasteiger partial charge in [0.25, 0.3) is 0 Å². The molecule has 1 unspecified atom stereocenters. The molecule has 3 amide bonds. The highest BCUT2D eigenvalue weighted by Gasteiger charge is 2.34. The molecule has 0 saturated carbocycles. The van der Waals surface area contributed by atoms with Crippen LogP contribution in [0.15, 0.2) is 72.4 Å². The molecular formula is C31H32FN5O4. The van der Waals surface area contributed by atoms with E-state index in [9.17, 15) is 24.0 Å². The standard InChI is InChI=1S/C31H32FN5O4/c1-19-16-23(32)8-12-26(19)37-27(13-14-28(37)22-7-11-25(17-22)35-41)21-5-9-24(10-6-21)34-31(40)29-4-3-15-36(29)30(39)18-33-20(2)38/h5-14,16,29,35,41H,3-4,15,17-18H2,1-2H3,(H,33,38)(H,34,40). The predicted octanol–water partition coefficient (Wildman–Crippen LogP) is 4.31. The first-order valence-electron chi connectivity index (χ1n) is 13.5. The molecule has 1 atom stereocenters. The zero-order valence-corrected chi connectivity index (χ0v) is 22.9. The number of likely N-dealkylation sites (tertiary alicyclic amines) is 1. The van der Waals surface area contributed by atoms with Gasteiger partial charge in [-0.25, -0.2) is 4.39 Å². The Kier molecular flexibility index (Phi) is 8.02. The molecule has 0 spiro atoms. The molecule has 1 aliphatic heterocycles. The Labute approximate surface area is 237 Å². The van der Waals surface area contributed by atoms with Crippen LogP contribution >= 0.6 is 0 Å². The molecule has 1 aliphatic carbocycles. The van der Waals surface area contributed by atoms with Crippen LogP contribution in [0.2, 0.25) is 0 Å². The predicted molar refractivity (Wildman–Crippen MR) is 154 cm³/mol. The van der Waals surface area contributed by atoms with E-state index in [4.69, 9.17) is 0 Å². The number of halogens is 1. The molecule has 2 aromatic carbocycles. The smallest absolute Gasteiger partial charge is 0.247 e. The van der Waals surface area contributed by atoms with Crippen LogP contribution in [-0.4, -0.2) is 51.5 Å². The molecule has 9 nitrogen and oxygen atoms in total. The first-order valence-corrected chi connectivity index (χ1v) is 13.5.